The first kappa shape index (κ1) is 16.4. The molecule has 9 nitrogen and oxygen atoms in total. The zero-order valence-corrected chi connectivity index (χ0v) is 14.6. The fourth-order valence-electron chi connectivity index (χ4n) is 3.34. The third-order valence-electron chi connectivity index (χ3n) is 4.67. The molecule has 2 aliphatic heterocycles. The second kappa shape index (κ2) is 6.32. The van der Waals surface area contributed by atoms with Crippen LogP contribution in [0.15, 0.2) is 24.5 Å². The van der Waals surface area contributed by atoms with Crippen molar-refractivity contribution in [1.29, 1.82) is 0 Å². The van der Waals surface area contributed by atoms with Crippen LogP contribution in [0.4, 0.5) is 16.2 Å². The van der Waals surface area contributed by atoms with Crippen molar-refractivity contribution in [3.63, 3.8) is 0 Å². The molecule has 0 spiro atoms. The number of aromatic nitrogens is 3. The summed E-state index contributed by atoms with van der Waals surface area (Å²) in [5.41, 5.74) is 2.36. The quantitative estimate of drug-likeness (QED) is 0.817. The Morgan fingerprint density at radius 3 is 2.81 bits per heavy atom. The summed E-state index contributed by atoms with van der Waals surface area (Å²) in [5.74, 6) is 0.556. The second-order valence-electron chi connectivity index (χ2n) is 6.25. The lowest BCUT2D eigenvalue weighted by molar-refractivity contribution is -0.121. The molecule has 2 amide bonds. The molecule has 0 unspecified atom stereocenters. The van der Waals surface area contributed by atoms with Crippen molar-refractivity contribution >= 4 is 23.4 Å². The standard InChI is InChI=1S/C17H19N5O4/c1-3-12-13(4-5-14-16(12)25-10-15(23)20(14)2)22-9-11(26-17(22)24)8-21-7-6-18-19-21/h4-7,11H,3,8-10H2,1-2H3/t11-/m0/s1. The van der Waals surface area contributed by atoms with Gasteiger partial charge in [0, 0.05) is 18.8 Å². The van der Waals surface area contributed by atoms with E-state index in [9.17, 15) is 9.59 Å². The molecule has 9 heteroatoms. The summed E-state index contributed by atoms with van der Waals surface area (Å²) in [6, 6.07) is 3.65. The first-order valence-electron chi connectivity index (χ1n) is 8.46. The number of cyclic esters (lactones) is 1. The number of ether oxygens (including phenoxy) is 2. The molecule has 1 saturated heterocycles. The van der Waals surface area contributed by atoms with E-state index >= 15 is 0 Å². The summed E-state index contributed by atoms with van der Waals surface area (Å²) in [4.78, 5) is 27.5. The van der Waals surface area contributed by atoms with Crippen LogP contribution in [0.3, 0.4) is 0 Å². The topological polar surface area (TPSA) is 89.8 Å². The normalized spacial score (nSPS) is 19.4. The molecule has 2 aliphatic rings. The highest BCUT2D eigenvalue weighted by atomic mass is 16.6. The number of carbonyl (C=O) groups is 2. The molecule has 2 aromatic rings. The third kappa shape index (κ3) is 2.65. The first-order chi connectivity index (χ1) is 12.6. The summed E-state index contributed by atoms with van der Waals surface area (Å²) in [6.07, 6.45) is 3.27. The van der Waals surface area contributed by atoms with Gasteiger partial charge in [0.2, 0.25) is 0 Å². The van der Waals surface area contributed by atoms with E-state index < -0.39 is 6.09 Å². The van der Waals surface area contributed by atoms with Crippen molar-refractivity contribution in [3.05, 3.63) is 30.1 Å². The molecule has 1 aromatic heterocycles. The Kier molecular flexibility index (Phi) is 3.98. The number of hydrogen-bond donors (Lipinski definition) is 0. The molecule has 1 fully saturated rings. The number of anilines is 2. The fraction of sp³-hybridized carbons (Fsp3) is 0.412. The number of rotatable bonds is 4. The Morgan fingerprint density at radius 2 is 2.08 bits per heavy atom. The summed E-state index contributed by atoms with van der Waals surface area (Å²) >= 11 is 0. The minimum Gasteiger partial charge on any atom is -0.481 e. The fourth-order valence-corrected chi connectivity index (χ4v) is 3.34. The molecule has 0 radical (unpaired) electrons. The predicted molar refractivity (Wildman–Crippen MR) is 92.4 cm³/mol. The maximum Gasteiger partial charge on any atom is 0.414 e. The summed E-state index contributed by atoms with van der Waals surface area (Å²) < 4.78 is 12.8. The van der Waals surface area contributed by atoms with Crippen molar-refractivity contribution < 1.29 is 19.1 Å². The van der Waals surface area contributed by atoms with Crippen molar-refractivity contribution in [3.8, 4) is 5.75 Å². The molecular formula is C17H19N5O4. The van der Waals surface area contributed by atoms with E-state index in [4.69, 9.17) is 9.47 Å². The highest BCUT2D eigenvalue weighted by Crippen LogP contribution is 2.41. The van der Waals surface area contributed by atoms with Gasteiger partial charge in [-0.15, -0.1) is 5.10 Å². The zero-order chi connectivity index (χ0) is 18.3. The van der Waals surface area contributed by atoms with Gasteiger partial charge in [-0.2, -0.15) is 0 Å². The van der Waals surface area contributed by atoms with Crippen LogP contribution in [0.1, 0.15) is 12.5 Å². The lowest BCUT2D eigenvalue weighted by atomic mass is 10.0. The van der Waals surface area contributed by atoms with Crippen LogP contribution in [0.2, 0.25) is 0 Å². The summed E-state index contributed by atoms with van der Waals surface area (Å²) in [7, 11) is 1.72. The van der Waals surface area contributed by atoms with E-state index in [1.807, 2.05) is 13.0 Å². The molecule has 3 heterocycles. The molecule has 1 aromatic carbocycles. The largest absolute Gasteiger partial charge is 0.481 e. The van der Waals surface area contributed by atoms with Crippen molar-refractivity contribution in [2.45, 2.75) is 26.0 Å². The number of hydrogen-bond acceptors (Lipinski definition) is 6. The molecule has 26 heavy (non-hydrogen) atoms. The van der Waals surface area contributed by atoms with E-state index in [0.29, 0.717) is 30.9 Å². The van der Waals surface area contributed by atoms with Gasteiger partial charge in [-0.25, -0.2) is 9.48 Å². The lowest BCUT2D eigenvalue weighted by Crippen LogP contribution is -2.36. The van der Waals surface area contributed by atoms with Gasteiger partial charge in [0.1, 0.15) is 11.9 Å². The Bertz CT molecular complexity index is 851. The van der Waals surface area contributed by atoms with Gasteiger partial charge in [-0.05, 0) is 18.6 Å². The van der Waals surface area contributed by atoms with Crippen LogP contribution in [-0.4, -0.2) is 53.3 Å². The zero-order valence-electron chi connectivity index (χ0n) is 14.6. The van der Waals surface area contributed by atoms with Gasteiger partial charge >= 0.3 is 6.09 Å². The number of benzene rings is 1. The van der Waals surface area contributed by atoms with Crippen LogP contribution in [-0.2, 0) is 22.5 Å². The molecule has 4 rings (SSSR count). The van der Waals surface area contributed by atoms with Crippen LogP contribution in [0.5, 0.6) is 5.75 Å². The molecular weight excluding hydrogens is 338 g/mol. The highest BCUT2D eigenvalue weighted by Gasteiger charge is 2.36. The van der Waals surface area contributed by atoms with Crippen LogP contribution in [0, 0.1) is 0 Å². The lowest BCUT2D eigenvalue weighted by Gasteiger charge is -2.29. The van der Waals surface area contributed by atoms with E-state index in [1.165, 1.54) is 0 Å². The summed E-state index contributed by atoms with van der Waals surface area (Å²) in [5, 5.41) is 7.67. The van der Waals surface area contributed by atoms with Crippen LogP contribution >= 0.6 is 0 Å². The van der Waals surface area contributed by atoms with Gasteiger partial charge in [-0.1, -0.05) is 12.1 Å². The van der Waals surface area contributed by atoms with E-state index in [-0.39, 0.29) is 18.6 Å². The Morgan fingerprint density at radius 1 is 1.27 bits per heavy atom. The number of amides is 2. The van der Waals surface area contributed by atoms with E-state index in [0.717, 1.165) is 11.3 Å². The molecule has 136 valence electrons. The van der Waals surface area contributed by atoms with Gasteiger partial charge < -0.3 is 14.4 Å². The summed E-state index contributed by atoms with van der Waals surface area (Å²) in [6.45, 7) is 2.86. The average molecular weight is 357 g/mol. The Hall–Kier alpha value is -3.10. The number of likely N-dealkylation sites (N-methyl/N-ethyl adjacent to an activating group) is 1. The van der Waals surface area contributed by atoms with E-state index in [1.54, 1.807) is 40.0 Å². The average Bonchev–Trinajstić information content (AvgIpc) is 3.27. The Balaban J connectivity index is 1.63. The molecule has 0 N–H and O–H groups in total. The number of carbonyl (C=O) groups excluding carboxylic acids is 2. The minimum atomic E-state index is -0.398. The van der Waals surface area contributed by atoms with Gasteiger partial charge in [-0.3, -0.25) is 9.69 Å². The van der Waals surface area contributed by atoms with Gasteiger partial charge in [0.25, 0.3) is 5.91 Å². The molecule has 0 saturated carbocycles. The molecule has 0 aliphatic carbocycles. The van der Waals surface area contributed by atoms with Crippen molar-refractivity contribution in [2.75, 3.05) is 30.0 Å². The van der Waals surface area contributed by atoms with Gasteiger partial charge in [0.15, 0.2) is 6.61 Å². The second-order valence-corrected chi connectivity index (χ2v) is 6.25. The van der Waals surface area contributed by atoms with E-state index in [2.05, 4.69) is 10.3 Å². The van der Waals surface area contributed by atoms with Gasteiger partial charge in [0.05, 0.1) is 30.7 Å². The highest BCUT2D eigenvalue weighted by molar-refractivity contribution is 5.99. The molecule has 0 bridgehead atoms. The smallest absolute Gasteiger partial charge is 0.414 e. The minimum absolute atomic E-state index is 0.000671. The monoisotopic (exact) mass is 357 g/mol. The van der Waals surface area contributed by atoms with Crippen LogP contribution in [0.25, 0.3) is 0 Å². The number of fused-ring (bicyclic) bond motifs is 1. The predicted octanol–water partition coefficient (Wildman–Crippen LogP) is 1.22. The maximum absolute atomic E-state index is 12.4. The van der Waals surface area contributed by atoms with Crippen molar-refractivity contribution in [1.82, 2.24) is 15.0 Å². The maximum atomic E-state index is 12.4. The van der Waals surface area contributed by atoms with Crippen LogP contribution < -0.4 is 14.5 Å². The third-order valence-corrected chi connectivity index (χ3v) is 4.67. The molecule has 1 atom stereocenters. The number of nitrogens with zero attached hydrogens (tertiary/aromatic N) is 5. The first-order valence-corrected chi connectivity index (χ1v) is 8.46. The SMILES string of the molecule is CCc1c(N2C[C@H](Cn3ccnn3)OC2=O)ccc2c1OCC(=O)N2C. The van der Waals surface area contributed by atoms with Crippen molar-refractivity contribution in [2.24, 2.45) is 0 Å². The Labute approximate surface area is 150 Å².